The standard InChI is InChI=1S/C33H24ClN3OS/c1-21-12-14-23(15-13-21)28-20-27(22-16-18-24(34)19-17-22)29-30(35)31(39-32(29)36-28)33(38)37(25-8-4-2-5-9-25)26-10-6-3-7-11-26/h2-20H,35H2,1H3. The second kappa shape index (κ2) is 10.4. The first-order valence-electron chi connectivity index (χ1n) is 12.5. The van der Waals surface area contributed by atoms with E-state index >= 15 is 0 Å². The molecule has 0 aliphatic rings. The molecule has 0 unspecified atom stereocenters. The molecule has 4 aromatic carbocycles. The monoisotopic (exact) mass is 545 g/mol. The van der Waals surface area contributed by atoms with Crippen LogP contribution < -0.4 is 10.6 Å². The molecule has 0 atom stereocenters. The van der Waals surface area contributed by atoms with Crippen molar-refractivity contribution in [3.8, 4) is 22.4 Å². The molecule has 6 aromatic rings. The van der Waals surface area contributed by atoms with Crippen LogP contribution >= 0.6 is 22.9 Å². The van der Waals surface area contributed by atoms with Crippen LogP contribution in [0.15, 0.2) is 115 Å². The zero-order chi connectivity index (χ0) is 26.9. The number of aromatic nitrogens is 1. The fraction of sp³-hybridized carbons (Fsp3) is 0.0303. The SMILES string of the molecule is Cc1ccc(-c2cc(-c3ccc(Cl)cc3)c3c(N)c(C(=O)N(c4ccccc4)c4ccccc4)sc3n2)cc1. The van der Waals surface area contributed by atoms with Crippen LogP contribution in [0.3, 0.4) is 0 Å². The number of para-hydroxylation sites is 2. The lowest BCUT2D eigenvalue weighted by molar-refractivity contribution is 0.100. The second-order valence-corrected chi connectivity index (χ2v) is 10.7. The van der Waals surface area contributed by atoms with Crippen molar-refractivity contribution in [2.75, 3.05) is 10.6 Å². The van der Waals surface area contributed by atoms with Crippen molar-refractivity contribution in [2.45, 2.75) is 6.92 Å². The van der Waals surface area contributed by atoms with Gasteiger partial charge in [-0.25, -0.2) is 4.98 Å². The van der Waals surface area contributed by atoms with Gasteiger partial charge in [-0.1, -0.05) is 90.0 Å². The number of carbonyl (C=O) groups excluding carboxylic acids is 1. The Labute approximate surface area is 235 Å². The maximum atomic E-state index is 14.2. The fourth-order valence-electron chi connectivity index (χ4n) is 4.65. The van der Waals surface area contributed by atoms with E-state index in [0.29, 0.717) is 20.4 Å². The van der Waals surface area contributed by atoms with Crippen molar-refractivity contribution < 1.29 is 4.79 Å². The smallest absolute Gasteiger partial charge is 0.275 e. The van der Waals surface area contributed by atoms with Gasteiger partial charge in [-0.15, -0.1) is 11.3 Å². The lowest BCUT2D eigenvalue weighted by Crippen LogP contribution is -2.25. The summed E-state index contributed by atoms with van der Waals surface area (Å²) in [5.74, 6) is -0.202. The molecule has 0 saturated heterocycles. The number of hydrogen-bond acceptors (Lipinski definition) is 4. The summed E-state index contributed by atoms with van der Waals surface area (Å²) in [6.07, 6.45) is 0. The van der Waals surface area contributed by atoms with E-state index in [-0.39, 0.29) is 5.91 Å². The van der Waals surface area contributed by atoms with E-state index in [1.165, 1.54) is 16.9 Å². The largest absolute Gasteiger partial charge is 0.397 e. The summed E-state index contributed by atoms with van der Waals surface area (Å²) in [4.78, 5) is 22.1. The van der Waals surface area contributed by atoms with Crippen LogP contribution in [0, 0.1) is 6.92 Å². The van der Waals surface area contributed by atoms with Gasteiger partial charge in [-0.05, 0) is 60.5 Å². The molecule has 0 radical (unpaired) electrons. The second-order valence-electron chi connectivity index (χ2n) is 9.26. The van der Waals surface area contributed by atoms with Gasteiger partial charge in [0.05, 0.1) is 11.4 Å². The number of amides is 1. The molecule has 190 valence electrons. The molecular weight excluding hydrogens is 522 g/mol. The maximum absolute atomic E-state index is 14.2. The normalized spacial score (nSPS) is 11.0. The van der Waals surface area contributed by atoms with Gasteiger partial charge >= 0.3 is 0 Å². The zero-order valence-electron chi connectivity index (χ0n) is 21.1. The Morgan fingerprint density at radius 2 is 1.36 bits per heavy atom. The van der Waals surface area contributed by atoms with E-state index in [4.69, 9.17) is 22.3 Å². The number of anilines is 3. The molecule has 6 rings (SSSR count). The van der Waals surface area contributed by atoms with E-state index in [1.807, 2.05) is 91.0 Å². The van der Waals surface area contributed by atoms with Crippen LogP contribution in [0.5, 0.6) is 0 Å². The number of rotatable bonds is 5. The summed E-state index contributed by atoms with van der Waals surface area (Å²) in [6.45, 7) is 2.06. The Bertz CT molecular complexity index is 1740. The number of thiophene rings is 1. The number of hydrogen-bond donors (Lipinski definition) is 1. The third-order valence-corrected chi connectivity index (χ3v) is 7.97. The minimum Gasteiger partial charge on any atom is -0.397 e. The molecule has 4 nitrogen and oxygen atoms in total. The lowest BCUT2D eigenvalue weighted by atomic mass is 9.99. The van der Waals surface area contributed by atoms with Gasteiger partial charge in [0.2, 0.25) is 0 Å². The summed E-state index contributed by atoms with van der Waals surface area (Å²) in [5.41, 5.74) is 13.6. The summed E-state index contributed by atoms with van der Waals surface area (Å²) in [5, 5.41) is 1.42. The number of aryl methyl sites for hydroxylation is 1. The number of benzene rings is 4. The van der Waals surface area contributed by atoms with Gasteiger partial charge in [0.25, 0.3) is 5.91 Å². The number of nitrogens with two attached hydrogens (primary N) is 1. The molecule has 1 amide bonds. The van der Waals surface area contributed by atoms with E-state index < -0.39 is 0 Å². The predicted octanol–water partition coefficient (Wildman–Crippen LogP) is 9.15. The van der Waals surface area contributed by atoms with Crippen molar-refractivity contribution in [1.29, 1.82) is 0 Å². The Morgan fingerprint density at radius 1 is 0.795 bits per heavy atom. The molecule has 2 heterocycles. The Morgan fingerprint density at radius 3 is 1.95 bits per heavy atom. The number of nitrogen functional groups attached to an aromatic ring is 1. The van der Waals surface area contributed by atoms with Gasteiger partial charge < -0.3 is 5.73 Å². The van der Waals surface area contributed by atoms with Crippen LogP contribution in [0.2, 0.25) is 5.02 Å². The molecule has 0 saturated carbocycles. The van der Waals surface area contributed by atoms with Crippen LogP contribution in [0.1, 0.15) is 15.2 Å². The highest BCUT2D eigenvalue weighted by Crippen LogP contribution is 2.43. The molecule has 2 N–H and O–H groups in total. The van der Waals surface area contributed by atoms with Crippen molar-refractivity contribution >= 4 is 56.1 Å². The molecule has 39 heavy (non-hydrogen) atoms. The van der Waals surface area contributed by atoms with Crippen molar-refractivity contribution in [3.05, 3.63) is 131 Å². The highest BCUT2D eigenvalue weighted by Gasteiger charge is 2.27. The topological polar surface area (TPSA) is 59.2 Å². The van der Waals surface area contributed by atoms with E-state index in [1.54, 1.807) is 4.90 Å². The van der Waals surface area contributed by atoms with Gasteiger partial charge in [0.15, 0.2) is 0 Å². The van der Waals surface area contributed by atoms with E-state index in [2.05, 4.69) is 31.2 Å². The fourth-order valence-corrected chi connectivity index (χ4v) is 5.82. The van der Waals surface area contributed by atoms with Gasteiger partial charge in [-0.3, -0.25) is 9.69 Å². The quantitative estimate of drug-likeness (QED) is 0.235. The third-order valence-electron chi connectivity index (χ3n) is 6.63. The van der Waals surface area contributed by atoms with Crippen LogP contribution in [0.4, 0.5) is 17.1 Å². The van der Waals surface area contributed by atoms with Crippen molar-refractivity contribution in [3.63, 3.8) is 0 Å². The predicted molar refractivity (Wildman–Crippen MR) is 164 cm³/mol. The highest BCUT2D eigenvalue weighted by molar-refractivity contribution is 7.21. The molecule has 0 aliphatic heterocycles. The molecule has 6 heteroatoms. The van der Waals surface area contributed by atoms with E-state index in [9.17, 15) is 4.79 Å². The molecule has 0 spiro atoms. The molecule has 0 fully saturated rings. The Hall–Kier alpha value is -4.45. The summed E-state index contributed by atoms with van der Waals surface area (Å²) >= 11 is 7.52. The lowest BCUT2D eigenvalue weighted by Gasteiger charge is -2.22. The minimum atomic E-state index is -0.202. The van der Waals surface area contributed by atoms with E-state index in [0.717, 1.165) is 39.1 Å². The molecular formula is C33H24ClN3OS. The average molecular weight is 546 g/mol. The first-order chi connectivity index (χ1) is 19.0. The average Bonchev–Trinajstić information content (AvgIpc) is 3.31. The van der Waals surface area contributed by atoms with Crippen LogP contribution in [0.25, 0.3) is 32.6 Å². The minimum absolute atomic E-state index is 0.202. The summed E-state index contributed by atoms with van der Waals surface area (Å²) in [7, 11) is 0. The van der Waals surface area contributed by atoms with Crippen LogP contribution in [-0.4, -0.2) is 10.9 Å². The summed E-state index contributed by atoms with van der Waals surface area (Å²) in [6, 6.07) is 37.1. The van der Waals surface area contributed by atoms with Gasteiger partial charge in [-0.2, -0.15) is 0 Å². The highest BCUT2D eigenvalue weighted by atomic mass is 35.5. The number of pyridine rings is 1. The molecule has 0 bridgehead atoms. The number of nitrogens with zero attached hydrogens (tertiary/aromatic N) is 2. The number of carbonyl (C=O) groups is 1. The van der Waals surface area contributed by atoms with Crippen LogP contribution in [-0.2, 0) is 0 Å². The number of fused-ring (bicyclic) bond motifs is 1. The zero-order valence-corrected chi connectivity index (χ0v) is 22.7. The van der Waals surface area contributed by atoms with Gasteiger partial charge in [0.1, 0.15) is 9.71 Å². The first kappa shape index (κ1) is 24.9. The van der Waals surface area contributed by atoms with Crippen molar-refractivity contribution in [1.82, 2.24) is 4.98 Å². The molecule has 0 aliphatic carbocycles. The first-order valence-corrected chi connectivity index (χ1v) is 13.7. The Kier molecular flexibility index (Phi) is 6.61. The maximum Gasteiger partial charge on any atom is 0.275 e. The molecule has 2 aromatic heterocycles. The number of halogens is 1. The van der Waals surface area contributed by atoms with Gasteiger partial charge in [0, 0.05) is 27.3 Å². The van der Waals surface area contributed by atoms with Crippen molar-refractivity contribution in [2.24, 2.45) is 0 Å². The Balaban J connectivity index is 1.57. The summed E-state index contributed by atoms with van der Waals surface area (Å²) < 4.78 is 0. The third kappa shape index (κ3) is 4.78.